The van der Waals surface area contributed by atoms with E-state index in [-0.39, 0.29) is 0 Å². The van der Waals surface area contributed by atoms with Crippen molar-refractivity contribution in [1.29, 1.82) is 0 Å². The smallest absolute Gasteiger partial charge is 0.0547 e. The molecule has 0 aliphatic heterocycles. The summed E-state index contributed by atoms with van der Waals surface area (Å²) in [4.78, 5) is 0. The van der Waals surface area contributed by atoms with Gasteiger partial charge in [-0.2, -0.15) is 0 Å². The lowest BCUT2D eigenvalue weighted by Crippen LogP contribution is -1.98. The molecule has 1 aromatic heterocycles. The maximum atomic E-state index is 4.36. The van der Waals surface area contributed by atoms with Crippen molar-refractivity contribution in [2.24, 2.45) is 0 Å². The topological polar surface area (TPSA) is 4.93 Å². The summed E-state index contributed by atoms with van der Waals surface area (Å²) in [6, 6.07) is 49.1. The van der Waals surface area contributed by atoms with Crippen molar-refractivity contribution < 1.29 is 0 Å². The molecule has 0 radical (unpaired) electrons. The predicted octanol–water partition coefficient (Wildman–Crippen LogP) is 13.1. The summed E-state index contributed by atoms with van der Waals surface area (Å²) >= 11 is 0. The van der Waals surface area contributed by atoms with Crippen molar-refractivity contribution in [1.82, 2.24) is 4.57 Å². The van der Waals surface area contributed by atoms with Crippen molar-refractivity contribution in [3.05, 3.63) is 175 Å². The van der Waals surface area contributed by atoms with Gasteiger partial charge in [-0.05, 0) is 122 Å². The van der Waals surface area contributed by atoms with E-state index in [4.69, 9.17) is 0 Å². The van der Waals surface area contributed by atoms with Crippen LogP contribution in [-0.2, 0) is 0 Å². The number of fused-ring (bicyclic) bond motifs is 6. The molecule has 9 rings (SSSR count). The summed E-state index contributed by atoms with van der Waals surface area (Å²) in [5.74, 6) is 0. The van der Waals surface area contributed by atoms with Gasteiger partial charge in [-0.3, -0.25) is 0 Å². The van der Waals surface area contributed by atoms with Crippen LogP contribution in [0.5, 0.6) is 0 Å². The lowest BCUT2D eigenvalue weighted by molar-refractivity contribution is 1.05. The number of aryl methyl sites for hydroxylation is 1. The molecule has 0 N–H and O–H groups in total. The summed E-state index contributed by atoms with van der Waals surface area (Å²) in [6.07, 6.45) is 10.9. The lowest BCUT2D eigenvalue weighted by Gasteiger charge is -2.18. The fourth-order valence-corrected chi connectivity index (χ4v) is 7.93. The minimum atomic E-state index is 1.05. The van der Waals surface area contributed by atoms with Crippen molar-refractivity contribution >= 4 is 55.0 Å². The van der Waals surface area contributed by atoms with Gasteiger partial charge < -0.3 is 4.57 Å². The maximum absolute atomic E-state index is 4.36. The maximum Gasteiger partial charge on any atom is 0.0547 e. The van der Waals surface area contributed by atoms with Crippen LogP contribution in [0.1, 0.15) is 29.5 Å². The van der Waals surface area contributed by atoms with Crippen molar-refractivity contribution in [2.45, 2.75) is 19.8 Å². The minimum Gasteiger partial charge on any atom is -0.309 e. The fraction of sp³-hybridized carbons (Fsp3) is 0.0638. The van der Waals surface area contributed by atoms with Crippen LogP contribution in [0.4, 0.5) is 0 Å². The molecule has 48 heavy (non-hydrogen) atoms. The van der Waals surface area contributed by atoms with E-state index < -0.39 is 0 Å². The Balaban J connectivity index is 1.36. The van der Waals surface area contributed by atoms with Crippen molar-refractivity contribution in [3.8, 4) is 27.9 Å². The Labute approximate surface area is 281 Å². The average Bonchev–Trinajstić information content (AvgIpc) is 3.48. The van der Waals surface area contributed by atoms with Gasteiger partial charge in [-0.15, -0.1) is 0 Å². The summed E-state index contributed by atoms with van der Waals surface area (Å²) in [5, 5.41) is 7.64. The summed E-state index contributed by atoms with van der Waals surface area (Å²) in [5.41, 5.74) is 13.6. The van der Waals surface area contributed by atoms with Crippen LogP contribution in [0, 0.1) is 6.92 Å². The van der Waals surface area contributed by atoms with Crippen molar-refractivity contribution in [2.75, 3.05) is 0 Å². The largest absolute Gasteiger partial charge is 0.309 e. The molecule has 0 amide bonds. The number of para-hydroxylation sites is 1. The van der Waals surface area contributed by atoms with E-state index in [1.54, 1.807) is 0 Å². The summed E-state index contributed by atoms with van der Waals surface area (Å²) in [7, 11) is 0. The van der Waals surface area contributed by atoms with E-state index >= 15 is 0 Å². The van der Waals surface area contributed by atoms with Crippen LogP contribution in [0.3, 0.4) is 0 Å². The van der Waals surface area contributed by atoms with E-state index in [0.29, 0.717) is 0 Å². The molecule has 8 aromatic rings. The van der Waals surface area contributed by atoms with Gasteiger partial charge in [0.05, 0.1) is 11.0 Å². The van der Waals surface area contributed by atoms with Crippen LogP contribution < -0.4 is 0 Å². The first-order valence-corrected chi connectivity index (χ1v) is 16.9. The molecule has 0 fully saturated rings. The van der Waals surface area contributed by atoms with Crippen LogP contribution in [0.25, 0.3) is 82.9 Å². The van der Waals surface area contributed by atoms with Gasteiger partial charge in [-0.25, -0.2) is 0 Å². The molecular weight excluding hydrogens is 579 g/mol. The number of allylic oxidation sites excluding steroid dienone is 4. The first-order chi connectivity index (χ1) is 23.7. The third kappa shape index (κ3) is 4.47. The Morgan fingerprint density at radius 1 is 0.583 bits per heavy atom. The number of rotatable bonds is 5. The molecule has 1 aliphatic carbocycles. The zero-order chi connectivity index (χ0) is 32.2. The van der Waals surface area contributed by atoms with Gasteiger partial charge in [0.1, 0.15) is 0 Å². The van der Waals surface area contributed by atoms with E-state index in [0.717, 1.165) is 18.4 Å². The summed E-state index contributed by atoms with van der Waals surface area (Å²) < 4.78 is 2.46. The van der Waals surface area contributed by atoms with Crippen LogP contribution >= 0.6 is 0 Å². The second-order valence-electron chi connectivity index (χ2n) is 12.9. The normalized spacial score (nSPS) is 13.1. The fourth-order valence-electron chi connectivity index (χ4n) is 7.93. The highest BCUT2D eigenvalue weighted by atomic mass is 15.0. The zero-order valence-corrected chi connectivity index (χ0v) is 27.1. The van der Waals surface area contributed by atoms with E-state index in [1.807, 2.05) is 6.08 Å². The van der Waals surface area contributed by atoms with Gasteiger partial charge in [0.25, 0.3) is 0 Å². The lowest BCUT2D eigenvalue weighted by atomic mass is 9.86. The van der Waals surface area contributed by atoms with Crippen LogP contribution in [0.15, 0.2) is 158 Å². The molecule has 1 aliphatic rings. The van der Waals surface area contributed by atoms with E-state index in [2.05, 4.69) is 170 Å². The highest BCUT2D eigenvalue weighted by Gasteiger charge is 2.20. The Morgan fingerprint density at radius 3 is 2.00 bits per heavy atom. The molecule has 7 aromatic carbocycles. The highest BCUT2D eigenvalue weighted by Crippen LogP contribution is 2.44. The van der Waals surface area contributed by atoms with Gasteiger partial charge >= 0.3 is 0 Å². The monoisotopic (exact) mass is 613 g/mol. The number of hydrogen-bond donors (Lipinski definition) is 0. The number of benzene rings is 7. The van der Waals surface area contributed by atoms with Crippen LogP contribution in [-0.4, -0.2) is 4.57 Å². The second-order valence-corrected chi connectivity index (χ2v) is 12.9. The molecule has 0 spiro atoms. The number of hydrogen-bond acceptors (Lipinski definition) is 0. The summed E-state index contributed by atoms with van der Waals surface area (Å²) in [6.45, 7) is 6.63. The van der Waals surface area contributed by atoms with Crippen molar-refractivity contribution in [3.63, 3.8) is 0 Å². The molecule has 1 heteroatoms. The molecule has 0 saturated carbocycles. The second kappa shape index (κ2) is 11.4. The molecule has 0 atom stereocenters. The van der Waals surface area contributed by atoms with E-state index in [1.165, 1.54) is 88.0 Å². The molecule has 0 saturated heterocycles. The standard InChI is InChI=1S/C47H35N/c1-3-32-29-46-44(30-43(32)47-31(2)38-20-10-11-21-39(38)40-22-12-13-24-42(40)47)41-23-14-15-25-45(41)48(46)37-27-35(33-16-6-4-7-17-33)26-36(28-37)34-18-8-5-9-19-34/h3-8,10-18,20-30H,1,9,19H2,2H3. The quantitative estimate of drug-likeness (QED) is 0.170. The molecule has 0 bridgehead atoms. The zero-order valence-electron chi connectivity index (χ0n) is 27.1. The van der Waals surface area contributed by atoms with Crippen LogP contribution in [0.2, 0.25) is 0 Å². The Morgan fingerprint density at radius 2 is 1.25 bits per heavy atom. The molecule has 0 unspecified atom stereocenters. The number of nitrogens with zero attached hydrogens (tertiary/aromatic N) is 1. The van der Waals surface area contributed by atoms with Gasteiger partial charge in [0.15, 0.2) is 0 Å². The Kier molecular flexibility index (Phi) is 6.73. The molecule has 1 nitrogen and oxygen atoms in total. The van der Waals surface area contributed by atoms with Gasteiger partial charge in [-0.1, -0.05) is 128 Å². The first-order valence-electron chi connectivity index (χ1n) is 16.9. The third-order valence-electron chi connectivity index (χ3n) is 10.2. The van der Waals surface area contributed by atoms with E-state index in [9.17, 15) is 0 Å². The minimum absolute atomic E-state index is 1.05. The molecule has 228 valence electrons. The SMILES string of the molecule is C=Cc1cc2c(cc1-c1c(C)c3ccccc3c3ccccc13)c1ccccc1n2-c1cc(C2=CC=CCC2)cc(-c2ccccc2)c1. The first kappa shape index (κ1) is 28.3. The number of aromatic nitrogens is 1. The molecular formula is C47H35N. The Bertz CT molecular complexity index is 2630. The van der Waals surface area contributed by atoms with Gasteiger partial charge in [0, 0.05) is 16.5 Å². The third-order valence-corrected chi connectivity index (χ3v) is 10.2. The van der Waals surface area contributed by atoms with Gasteiger partial charge in [0.2, 0.25) is 0 Å². The predicted molar refractivity (Wildman–Crippen MR) is 208 cm³/mol. The Hall–Kier alpha value is -5.92. The highest BCUT2D eigenvalue weighted by molar-refractivity contribution is 6.18. The average molecular weight is 614 g/mol. The molecule has 1 heterocycles.